The zero-order valence-corrected chi connectivity index (χ0v) is 8.80. The Hall–Kier alpha value is -0.610. The molecular weight excluding hydrogens is 239 g/mol. The standard InChI is InChI=1S/C9H10BrFO2/c1-12-2-3-13-9-5-7(10)4-8(11)6-9/h4-6H,2-3H2,1H3. The van der Waals surface area contributed by atoms with Crippen molar-refractivity contribution < 1.29 is 13.9 Å². The molecule has 0 aromatic heterocycles. The fourth-order valence-corrected chi connectivity index (χ4v) is 1.30. The fraction of sp³-hybridized carbons (Fsp3) is 0.333. The molecule has 0 unspecified atom stereocenters. The minimum absolute atomic E-state index is 0.318. The molecule has 13 heavy (non-hydrogen) atoms. The minimum Gasteiger partial charge on any atom is -0.491 e. The number of halogens is 2. The first-order valence-corrected chi connectivity index (χ1v) is 4.59. The second-order valence-corrected chi connectivity index (χ2v) is 3.36. The zero-order chi connectivity index (χ0) is 9.68. The lowest BCUT2D eigenvalue weighted by Crippen LogP contribution is -2.04. The van der Waals surface area contributed by atoms with Crippen molar-refractivity contribution in [2.45, 2.75) is 0 Å². The van der Waals surface area contributed by atoms with E-state index in [-0.39, 0.29) is 5.82 Å². The molecule has 0 amide bonds. The van der Waals surface area contributed by atoms with Crippen LogP contribution in [0.25, 0.3) is 0 Å². The molecule has 0 saturated carbocycles. The Bertz CT molecular complexity index is 258. The van der Waals surface area contributed by atoms with Crippen LogP contribution in [0.5, 0.6) is 5.75 Å². The van der Waals surface area contributed by atoms with Gasteiger partial charge in [0, 0.05) is 17.6 Å². The van der Waals surface area contributed by atoms with Crippen LogP contribution in [0.1, 0.15) is 0 Å². The molecule has 0 aliphatic rings. The third-order valence-corrected chi connectivity index (χ3v) is 1.85. The van der Waals surface area contributed by atoms with Gasteiger partial charge in [-0.25, -0.2) is 4.39 Å². The van der Waals surface area contributed by atoms with E-state index in [9.17, 15) is 4.39 Å². The maximum Gasteiger partial charge on any atom is 0.128 e. The van der Waals surface area contributed by atoms with Gasteiger partial charge in [0.1, 0.15) is 18.2 Å². The van der Waals surface area contributed by atoms with Crippen molar-refractivity contribution in [1.29, 1.82) is 0 Å². The van der Waals surface area contributed by atoms with Gasteiger partial charge in [0.25, 0.3) is 0 Å². The molecule has 0 N–H and O–H groups in total. The summed E-state index contributed by atoms with van der Waals surface area (Å²) in [6.07, 6.45) is 0. The van der Waals surface area contributed by atoms with Gasteiger partial charge in [-0.3, -0.25) is 0 Å². The van der Waals surface area contributed by atoms with Gasteiger partial charge < -0.3 is 9.47 Å². The van der Waals surface area contributed by atoms with Gasteiger partial charge in [-0.2, -0.15) is 0 Å². The highest BCUT2D eigenvalue weighted by Crippen LogP contribution is 2.20. The van der Waals surface area contributed by atoms with Gasteiger partial charge in [0.15, 0.2) is 0 Å². The van der Waals surface area contributed by atoms with E-state index >= 15 is 0 Å². The lowest BCUT2D eigenvalue weighted by molar-refractivity contribution is 0.146. The summed E-state index contributed by atoms with van der Waals surface area (Å²) in [6, 6.07) is 4.42. The van der Waals surface area contributed by atoms with Gasteiger partial charge >= 0.3 is 0 Å². The highest BCUT2D eigenvalue weighted by Gasteiger charge is 1.99. The summed E-state index contributed by atoms with van der Waals surface area (Å²) in [5.74, 6) is 0.186. The van der Waals surface area contributed by atoms with Crippen LogP contribution < -0.4 is 4.74 Å². The van der Waals surface area contributed by atoms with E-state index < -0.39 is 0 Å². The summed E-state index contributed by atoms with van der Waals surface area (Å²) in [4.78, 5) is 0. The first-order valence-electron chi connectivity index (χ1n) is 3.80. The molecule has 0 aliphatic heterocycles. The van der Waals surface area contributed by atoms with E-state index in [1.165, 1.54) is 12.1 Å². The molecule has 2 nitrogen and oxygen atoms in total. The summed E-state index contributed by atoms with van der Waals surface area (Å²) >= 11 is 3.17. The molecule has 0 aliphatic carbocycles. The smallest absolute Gasteiger partial charge is 0.128 e. The summed E-state index contributed by atoms with van der Waals surface area (Å²) in [5, 5.41) is 0. The largest absolute Gasteiger partial charge is 0.491 e. The number of ether oxygens (including phenoxy) is 2. The van der Waals surface area contributed by atoms with E-state index in [0.29, 0.717) is 23.4 Å². The number of benzene rings is 1. The van der Waals surface area contributed by atoms with Crippen LogP contribution in [-0.2, 0) is 4.74 Å². The molecule has 0 spiro atoms. The first-order chi connectivity index (χ1) is 6.22. The average molecular weight is 249 g/mol. The second-order valence-electron chi connectivity index (χ2n) is 2.45. The van der Waals surface area contributed by atoms with Crippen LogP contribution in [0.15, 0.2) is 22.7 Å². The van der Waals surface area contributed by atoms with Crippen molar-refractivity contribution in [2.24, 2.45) is 0 Å². The van der Waals surface area contributed by atoms with Gasteiger partial charge in [-0.15, -0.1) is 0 Å². The summed E-state index contributed by atoms with van der Waals surface area (Å²) in [6.45, 7) is 0.917. The maximum absolute atomic E-state index is 12.8. The Morgan fingerprint density at radius 1 is 1.31 bits per heavy atom. The highest BCUT2D eigenvalue weighted by atomic mass is 79.9. The van der Waals surface area contributed by atoms with E-state index in [1.54, 1.807) is 13.2 Å². The molecule has 0 heterocycles. The van der Waals surface area contributed by atoms with Crippen molar-refractivity contribution in [2.75, 3.05) is 20.3 Å². The molecule has 1 aromatic rings. The third-order valence-electron chi connectivity index (χ3n) is 1.39. The van der Waals surface area contributed by atoms with Crippen LogP contribution in [0, 0.1) is 5.82 Å². The Kier molecular flexibility index (Phi) is 4.18. The quantitative estimate of drug-likeness (QED) is 0.763. The second kappa shape index (κ2) is 5.19. The van der Waals surface area contributed by atoms with Gasteiger partial charge in [0.05, 0.1) is 6.61 Å². The van der Waals surface area contributed by atoms with Gasteiger partial charge in [-0.05, 0) is 12.1 Å². The van der Waals surface area contributed by atoms with E-state index in [2.05, 4.69) is 15.9 Å². The normalized spacial score (nSPS) is 10.1. The topological polar surface area (TPSA) is 18.5 Å². The molecule has 4 heteroatoms. The van der Waals surface area contributed by atoms with Crippen molar-refractivity contribution >= 4 is 15.9 Å². The molecule has 0 bridgehead atoms. The number of hydrogen-bond acceptors (Lipinski definition) is 2. The molecule has 0 radical (unpaired) electrons. The zero-order valence-electron chi connectivity index (χ0n) is 7.22. The predicted molar refractivity (Wildman–Crippen MR) is 51.5 cm³/mol. The lowest BCUT2D eigenvalue weighted by Gasteiger charge is -2.05. The van der Waals surface area contributed by atoms with Crippen molar-refractivity contribution in [3.63, 3.8) is 0 Å². The van der Waals surface area contributed by atoms with Gasteiger partial charge in [0.2, 0.25) is 0 Å². The fourth-order valence-electron chi connectivity index (χ4n) is 0.855. The number of hydrogen-bond donors (Lipinski definition) is 0. The molecule has 0 saturated heterocycles. The van der Waals surface area contributed by atoms with Crippen LogP contribution >= 0.6 is 15.9 Å². The van der Waals surface area contributed by atoms with Crippen molar-refractivity contribution in [3.05, 3.63) is 28.5 Å². The van der Waals surface area contributed by atoms with E-state index in [1.807, 2.05) is 0 Å². The van der Waals surface area contributed by atoms with Crippen LogP contribution in [0.4, 0.5) is 4.39 Å². The third kappa shape index (κ3) is 3.74. The predicted octanol–water partition coefficient (Wildman–Crippen LogP) is 2.61. The Morgan fingerprint density at radius 2 is 2.08 bits per heavy atom. The summed E-state index contributed by atoms with van der Waals surface area (Å²) < 4.78 is 23.5. The molecule has 1 aromatic carbocycles. The SMILES string of the molecule is COCCOc1cc(F)cc(Br)c1. The monoisotopic (exact) mass is 248 g/mol. The molecule has 72 valence electrons. The summed E-state index contributed by atoms with van der Waals surface area (Å²) in [5.41, 5.74) is 0. The average Bonchev–Trinajstić information content (AvgIpc) is 2.03. The van der Waals surface area contributed by atoms with E-state index in [0.717, 1.165) is 0 Å². The van der Waals surface area contributed by atoms with Crippen molar-refractivity contribution in [1.82, 2.24) is 0 Å². The Morgan fingerprint density at radius 3 is 2.69 bits per heavy atom. The van der Waals surface area contributed by atoms with Crippen LogP contribution in [0.3, 0.4) is 0 Å². The molecule has 1 rings (SSSR count). The molecular formula is C9H10BrFO2. The highest BCUT2D eigenvalue weighted by molar-refractivity contribution is 9.10. The molecule has 0 fully saturated rings. The first kappa shape index (κ1) is 10.5. The minimum atomic E-state index is -0.318. The van der Waals surface area contributed by atoms with Crippen molar-refractivity contribution in [3.8, 4) is 5.75 Å². The Labute approximate surface area is 84.8 Å². The summed E-state index contributed by atoms with van der Waals surface area (Å²) in [7, 11) is 1.59. The maximum atomic E-state index is 12.8. The lowest BCUT2D eigenvalue weighted by atomic mass is 10.3. The number of methoxy groups -OCH3 is 1. The van der Waals surface area contributed by atoms with Crippen LogP contribution in [0.2, 0.25) is 0 Å². The van der Waals surface area contributed by atoms with Gasteiger partial charge in [-0.1, -0.05) is 15.9 Å². The number of rotatable bonds is 4. The Balaban J connectivity index is 2.56. The van der Waals surface area contributed by atoms with E-state index in [4.69, 9.17) is 9.47 Å². The van der Waals surface area contributed by atoms with Crippen LogP contribution in [-0.4, -0.2) is 20.3 Å². The molecule has 0 atom stereocenters.